The quantitative estimate of drug-likeness (QED) is 0.724. The van der Waals surface area contributed by atoms with Crippen LogP contribution in [0.15, 0.2) is 42.5 Å². The highest BCUT2D eigenvalue weighted by Crippen LogP contribution is 2.26. The Morgan fingerprint density at radius 2 is 1.48 bits per heavy atom. The SMILES string of the molecule is O=C1Cc2cc(C=CCCCc3ccc4c(c3)CC(=O)[N+](=O)O4)ccc2O[N+]1=O. The maximum atomic E-state index is 11.5. The number of hydrogen-bond acceptors (Lipinski definition) is 6. The Labute approximate surface area is 165 Å². The van der Waals surface area contributed by atoms with Gasteiger partial charge in [-0.25, -0.2) is 9.59 Å². The summed E-state index contributed by atoms with van der Waals surface area (Å²) in [6.07, 6.45) is 6.70. The second-order valence-electron chi connectivity index (χ2n) is 6.94. The first-order valence-electron chi connectivity index (χ1n) is 9.27. The number of benzene rings is 2. The average Bonchev–Trinajstić information content (AvgIpc) is 2.70. The van der Waals surface area contributed by atoms with Crippen molar-refractivity contribution < 1.29 is 29.1 Å². The molecular formula is C21H18N2O6+2. The topological polar surface area (TPSA) is 92.8 Å². The lowest BCUT2D eigenvalue weighted by molar-refractivity contribution is -0.693. The smallest absolute Gasteiger partial charge is 0.208 e. The van der Waals surface area contributed by atoms with E-state index in [4.69, 9.17) is 9.68 Å². The fraction of sp³-hybridized carbons (Fsp3) is 0.238. The molecule has 0 aliphatic carbocycles. The van der Waals surface area contributed by atoms with Gasteiger partial charge in [-0.3, -0.25) is 0 Å². The molecule has 8 heteroatoms. The maximum Gasteiger partial charge on any atom is 0.495 e. The molecular weight excluding hydrogens is 376 g/mol. The predicted octanol–water partition coefficient (Wildman–Crippen LogP) is 3.03. The number of fused-ring (bicyclic) bond motifs is 2. The van der Waals surface area contributed by atoms with E-state index in [-0.39, 0.29) is 22.7 Å². The van der Waals surface area contributed by atoms with Gasteiger partial charge in [-0.2, -0.15) is 9.68 Å². The van der Waals surface area contributed by atoms with Crippen LogP contribution in [0.2, 0.25) is 0 Å². The lowest BCUT2D eigenvalue weighted by atomic mass is 10.0. The molecule has 0 unspecified atom stereocenters. The van der Waals surface area contributed by atoms with E-state index in [0.717, 1.165) is 36.0 Å². The molecule has 2 amide bonds. The van der Waals surface area contributed by atoms with Crippen LogP contribution in [0.3, 0.4) is 0 Å². The second kappa shape index (κ2) is 7.75. The van der Waals surface area contributed by atoms with Crippen molar-refractivity contribution in [1.82, 2.24) is 0 Å². The van der Waals surface area contributed by atoms with Crippen molar-refractivity contribution in [2.45, 2.75) is 32.1 Å². The summed E-state index contributed by atoms with van der Waals surface area (Å²) in [5, 5.41) is 0. The third-order valence-electron chi connectivity index (χ3n) is 4.81. The molecule has 2 heterocycles. The summed E-state index contributed by atoms with van der Waals surface area (Å²) in [4.78, 5) is 55.2. The molecule has 2 aliphatic heterocycles. The fourth-order valence-corrected chi connectivity index (χ4v) is 3.32. The van der Waals surface area contributed by atoms with Crippen LogP contribution in [-0.4, -0.2) is 21.7 Å². The van der Waals surface area contributed by atoms with Crippen LogP contribution in [0.1, 0.15) is 35.1 Å². The molecule has 4 rings (SSSR count). The van der Waals surface area contributed by atoms with Gasteiger partial charge in [0.1, 0.15) is 12.8 Å². The lowest BCUT2D eigenvalue weighted by Gasteiger charge is -2.09. The lowest BCUT2D eigenvalue weighted by Crippen LogP contribution is -2.28. The van der Waals surface area contributed by atoms with Crippen LogP contribution in [0.25, 0.3) is 6.08 Å². The van der Waals surface area contributed by atoms with Crippen LogP contribution < -0.4 is 9.68 Å². The van der Waals surface area contributed by atoms with E-state index < -0.39 is 11.8 Å². The van der Waals surface area contributed by atoms with Gasteiger partial charge in [-0.1, -0.05) is 30.4 Å². The molecule has 29 heavy (non-hydrogen) atoms. The molecule has 0 saturated heterocycles. The summed E-state index contributed by atoms with van der Waals surface area (Å²) in [5.41, 5.74) is 3.45. The molecule has 0 aromatic heterocycles. The van der Waals surface area contributed by atoms with E-state index in [1.165, 1.54) is 0 Å². The van der Waals surface area contributed by atoms with Crippen molar-refractivity contribution in [2.75, 3.05) is 0 Å². The first kappa shape index (κ1) is 18.7. The molecule has 0 radical (unpaired) electrons. The van der Waals surface area contributed by atoms with Crippen molar-refractivity contribution in [1.29, 1.82) is 0 Å². The predicted molar refractivity (Wildman–Crippen MR) is 101 cm³/mol. The van der Waals surface area contributed by atoms with Gasteiger partial charge < -0.3 is 0 Å². The van der Waals surface area contributed by atoms with E-state index in [0.29, 0.717) is 17.1 Å². The van der Waals surface area contributed by atoms with E-state index in [9.17, 15) is 19.4 Å². The molecule has 0 fully saturated rings. The summed E-state index contributed by atoms with van der Waals surface area (Å²) in [5.74, 6) is -0.374. The number of unbranched alkanes of at least 4 members (excludes halogenated alkanes) is 1. The molecule has 0 N–H and O–H groups in total. The standard InChI is InChI=1S/C21H18N2O6/c24-20-12-16-10-14(6-8-18(16)28-22(20)26)4-2-1-3-5-15-7-9-19-17(11-15)13-21(25)23(27)29-19/h2,4,6-11H,1,3,5,12-13H2/q+2. The average molecular weight is 394 g/mol. The van der Waals surface area contributed by atoms with E-state index in [1.807, 2.05) is 36.4 Å². The van der Waals surface area contributed by atoms with Gasteiger partial charge in [-0.05, 0) is 48.6 Å². The van der Waals surface area contributed by atoms with E-state index >= 15 is 0 Å². The molecule has 0 bridgehead atoms. The Morgan fingerprint density at radius 1 is 0.862 bits per heavy atom. The number of amides is 2. The van der Waals surface area contributed by atoms with Gasteiger partial charge in [0.2, 0.25) is 11.5 Å². The van der Waals surface area contributed by atoms with Crippen LogP contribution in [0.5, 0.6) is 11.5 Å². The van der Waals surface area contributed by atoms with Crippen LogP contribution in [0, 0.1) is 9.81 Å². The number of carbonyl (C=O) groups excluding carboxylic acids is 2. The van der Waals surface area contributed by atoms with Crippen LogP contribution >= 0.6 is 0 Å². The Hall–Kier alpha value is -3.68. The zero-order chi connectivity index (χ0) is 20.4. The highest BCUT2D eigenvalue weighted by Gasteiger charge is 2.35. The van der Waals surface area contributed by atoms with Gasteiger partial charge in [0, 0.05) is 11.1 Å². The Bertz CT molecular complexity index is 1070. The normalized spacial score (nSPS) is 15.7. The molecule has 2 aliphatic rings. The molecule has 8 nitrogen and oxygen atoms in total. The summed E-state index contributed by atoms with van der Waals surface area (Å²) in [6.45, 7) is 0. The first-order valence-corrected chi connectivity index (χ1v) is 9.27. The monoisotopic (exact) mass is 394 g/mol. The summed E-state index contributed by atoms with van der Waals surface area (Å²) < 4.78 is 0. The Morgan fingerprint density at radius 3 is 2.17 bits per heavy atom. The van der Waals surface area contributed by atoms with Crippen molar-refractivity contribution in [3.63, 3.8) is 0 Å². The Kier molecular flexibility index (Phi) is 4.99. The zero-order valence-electron chi connectivity index (χ0n) is 15.5. The summed E-state index contributed by atoms with van der Waals surface area (Å²) in [7, 11) is 0. The molecule has 146 valence electrons. The van der Waals surface area contributed by atoms with Crippen molar-refractivity contribution in [3.05, 3.63) is 74.5 Å². The summed E-state index contributed by atoms with van der Waals surface area (Å²) >= 11 is 0. The summed E-state index contributed by atoms with van der Waals surface area (Å²) in [6, 6.07) is 10.9. The number of aryl methyl sites for hydroxylation is 1. The number of allylic oxidation sites excluding steroid dienone is 1. The number of rotatable bonds is 5. The first-order chi connectivity index (χ1) is 14.0. The molecule has 0 saturated carbocycles. The highest BCUT2D eigenvalue weighted by molar-refractivity contribution is 5.73. The van der Waals surface area contributed by atoms with Gasteiger partial charge in [0.25, 0.3) is 0 Å². The minimum Gasteiger partial charge on any atom is -0.208 e. The molecule has 2 aromatic rings. The minimum absolute atomic E-state index is 0.0112. The molecule has 2 aromatic carbocycles. The maximum absolute atomic E-state index is 11.5. The highest BCUT2D eigenvalue weighted by atomic mass is 16.8. The van der Waals surface area contributed by atoms with Crippen LogP contribution in [-0.2, 0) is 28.9 Å². The van der Waals surface area contributed by atoms with E-state index in [2.05, 4.69) is 0 Å². The van der Waals surface area contributed by atoms with Crippen LogP contribution in [0.4, 0.5) is 0 Å². The zero-order valence-corrected chi connectivity index (χ0v) is 15.5. The Balaban J connectivity index is 1.32. The van der Waals surface area contributed by atoms with E-state index in [1.54, 1.807) is 12.1 Å². The number of nitrogens with zero attached hydrogens (tertiary/aromatic N) is 2. The molecule has 0 spiro atoms. The molecule has 0 atom stereocenters. The van der Waals surface area contributed by atoms with Gasteiger partial charge >= 0.3 is 21.7 Å². The van der Waals surface area contributed by atoms with Crippen molar-refractivity contribution in [3.8, 4) is 11.5 Å². The van der Waals surface area contributed by atoms with Crippen molar-refractivity contribution >= 4 is 17.9 Å². The van der Waals surface area contributed by atoms with Crippen molar-refractivity contribution in [2.24, 2.45) is 0 Å². The second-order valence-corrected chi connectivity index (χ2v) is 6.94. The number of hydrogen-bond donors (Lipinski definition) is 0. The van der Waals surface area contributed by atoms with Gasteiger partial charge in [0.15, 0.2) is 0 Å². The number of carbonyl (C=O) groups is 2. The third kappa shape index (κ3) is 4.11. The third-order valence-corrected chi connectivity index (χ3v) is 4.81. The van der Waals surface area contributed by atoms with Gasteiger partial charge in [-0.15, -0.1) is 0 Å². The largest absolute Gasteiger partial charge is 0.495 e. The minimum atomic E-state index is -0.612. The fourth-order valence-electron chi connectivity index (χ4n) is 3.32. The van der Waals surface area contributed by atoms with Gasteiger partial charge in [0.05, 0.1) is 9.81 Å².